The largest absolute Gasteiger partial charge is 0.494 e. The number of para-hydroxylation sites is 1. The number of unbranched alkanes of at least 4 members (excludes halogenated alkanes) is 3. The standard InChI is InChI=1S/C29H37N3O4/c1-22(33)30-18-6-2-3-7-21-36-26-13-10-24(11-14-26)29(35)31-19-16-25(17-20-31)32-27-9-5-4-8-23(27)12-15-28(32)34/h4-5,8-11,13-14,25H,2-3,6-7,12,15-21H2,1H3,(H,30,33). The van der Waals surface area contributed by atoms with Gasteiger partial charge in [0.15, 0.2) is 0 Å². The number of benzene rings is 2. The quantitative estimate of drug-likeness (QED) is 0.502. The van der Waals surface area contributed by atoms with Crippen LogP contribution in [0.15, 0.2) is 48.5 Å². The van der Waals surface area contributed by atoms with Crippen molar-refractivity contribution in [2.75, 3.05) is 31.1 Å². The zero-order valence-corrected chi connectivity index (χ0v) is 21.2. The van der Waals surface area contributed by atoms with E-state index in [0.717, 1.165) is 62.9 Å². The van der Waals surface area contributed by atoms with Crippen molar-refractivity contribution in [3.63, 3.8) is 0 Å². The van der Waals surface area contributed by atoms with E-state index in [2.05, 4.69) is 11.4 Å². The molecule has 192 valence electrons. The van der Waals surface area contributed by atoms with E-state index in [4.69, 9.17) is 4.74 Å². The molecule has 1 fully saturated rings. The second-order valence-electron chi connectivity index (χ2n) is 9.69. The molecule has 0 aliphatic carbocycles. The maximum atomic E-state index is 13.1. The van der Waals surface area contributed by atoms with Crippen molar-refractivity contribution in [1.29, 1.82) is 0 Å². The van der Waals surface area contributed by atoms with Crippen molar-refractivity contribution in [3.8, 4) is 5.75 Å². The fraction of sp³-hybridized carbons (Fsp3) is 0.483. The molecule has 1 saturated heterocycles. The van der Waals surface area contributed by atoms with E-state index in [1.165, 1.54) is 12.5 Å². The molecule has 3 amide bonds. The molecule has 2 aromatic rings. The van der Waals surface area contributed by atoms with Gasteiger partial charge in [0.2, 0.25) is 11.8 Å². The van der Waals surface area contributed by atoms with Crippen molar-refractivity contribution in [2.24, 2.45) is 0 Å². The van der Waals surface area contributed by atoms with Gasteiger partial charge in [-0.15, -0.1) is 0 Å². The van der Waals surface area contributed by atoms with Gasteiger partial charge in [0, 0.05) is 50.3 Å². The van der Waals surface area contributed by atoms with E-state index in [1.54, 1.807) is 0 Å². The van der Waals surface area contributed by atoms with E-state index >= 15 is 0 Å². The molecule has 0 bridgehead atoms. The van der Waals surface area contributed by atoms with Crippen LogP contribution in [0.2, 0.25) is 0 Å². The summed E-state index contributed by atoms with van der Waals surface area (Å²) >= 11 is 0. The fourth-order valence-corrected chi connectivity index (χ4v) is 5.09. The third-order valence-corrected chi connectivity index (χ3v) is 7.06. The number of hydrogen-bond acceptors (Lipinski definition) is 4. The van der Waals surface area contributed by atoms with Crippen LogP contribution in [0.5, 0.6) is 5.75 Å². The van der Waals surface area contributed by atoms with Crippen LogP contribution >= 0.6 is 0 Å². The maximum absolute atomic E-state index is 13.1. The molecule has 4 rings (SSSR count). The number of amides is 3. The monoisotopic (exact) mass is 491 g/mol. The number of nitrogens with zero attached hydrogens (tertiary/aromatic N) is 2. The van der Waals surface area contributed by atoms with Gasteiger partial charge < -0.3 is 19.9 Å². The normalized spacial score (nSPS) is 16.0. The molecule has 0 atom stereocenters. The van der Waals surface area contributed by atoms with Crippen LogP contribution in [0, 0.1) is 0 Å². The topological polar surface area (TPSA) is 79.0 Å². The van der Waals surface area contributed by atoms with Crippen LogP contribution in [0.25, 0.3) is 0 Å². The summed E-state index contributed by atoms with van der Waals surface area (Å²) < 4.78 is 5.82. The summed E-state index contributed by atoms with van der Waals surface area (Å²) in [5.41, 5.74) is 2.94. The van der Waals surface area contributed by atoms with E-state index in [9.17, 15) is 14.4 Å². The summed E-state index contributed by atoms with van der Waals surface area (Å²) in [5, 5.41) is 2.81. The Kier molecular flexibility index (Phi) is 8.98. The first-order chi connectivity index (χ1) is 17.5. The van der Waals surface area contributed by atoms with Crippen LogP contribution in [0.3, 0.4) is 0 Å². The summed E-state index contributed by atoms with van der Waals surface area (Å²) in [6, 6.07) is 15.7. The average Bonchev–Trinajstić information content (AvgIpc) is 2.90. The lowest BCUT2D eigenvalue weighted by atomic mass is 9.95. The molecule has 0 saturated carbocycles. The SMILES string of the molecule is CC(=O)NCCCCCCOc1ccc(C(=O)N2CCC(N3C(=O)CCc4ccccc43)CC2)cc1. The molecule has 2 aliphatic heterocycles. The second-order valence-corrected chi connectivity index (χ2v) is 9.69. The summed E-state index contributed by atoms with van der Waals surface area (Å²) in [6.45, 7) is 4.20. The number of ether oxygens (including phenoxy) is 1. The Morgan fingerprint density at radius 1 is 0.944 bits per heavy atom. The Balaban J connectivity index is 1.20. The van der Waals surface area contributed by atoms with E-state index in [1.807, 2.05) is 52.3 Å². The molecule has 36 heavy (non-hydrogen) atoms. The number of aryl methyl sites for hydroxylation is 1. The summed E-state index contributed by atoms with van der Waals surface area (Å²) in [7, 11) is 0. The highest BCUT2D eigenvalue weighted by Crippen LogP contribution is 2.32. The van der Waals surface area contributed by atoms with Crippen molar-refractivity contribution >= 4 is 23.4 Å². The molecule has 7 heteroatoms. The first-order valence-electron chi connectivity index (χ1n) is 13.2. The number of fused-ring (bicyclic) bond motifs is 1. The van der Waals surface area contributed by atoms with Gasteiger partial charge in [-0.05, 0) is 68.0 Å². The van der Waals surface area contributed by atoms with Crippen molar-refractivity contribution in [2.45, 2.75) is 64.3 Å². The van der Waals surface area contributed by atoms with E-state index in [0.29, 0.717) is 31.7 Å². The highest BCUT2D eigenvalue weighted by atomic mass is 16.5. The molecule has 1 N–H and O–H groups in total. The summed E-state index contributed by atoms with van der Waals surface area (Å²) in [6.07, 6.45) is 7.00. The molecule has 0 radical (unpaired) electrons. The number of hydrogen-bond donors (Lipinski definition) is 1. The van der Waals surface area contributed by atoms with Crippen LogP contribution in [-0.2, 0) is 16.0 Å². The predicted octanol–water partition coefficient (Wildman–Crippen LogP) is 4.35. The molecule has 0 unspecified atom stereocenters. The van der Waals surface area contributed by atoms with Crippen LogP contribution in [0.4, 0.5) is 5.69 Å². The van der Waals surface area contributed by atoms with Gasteiger partial charge in [-0.3, -0.25) is 14.4 Å². The number of likely N-dealkylation sites (tertiary alicyclic amines) is 1. The van der Waals surface area contributed by atoms with E-state index < -0.39 is 0 Å². The van der Waals surface area contributed by atoms with E-state index in [-0.39, 0.29) is 23.8 Å². The number of carbonyl (C=O) groups excluding carboxylic acids is 3. The highest BCUT2D eigenvalue weighted by Gasteiger charge is 2.33. The van der Waals surface area contributed by atoms with Crippen molar-refractivity contribution in [1.82, 2.24) is 10.2 Å². The number of nitrogens with one attached hydrogen (secondary N) is 1. The Morgan fingerprint density at radius 2 is 1.67 bits per heavy atom. The second kappa shape index (κ2) is 12.6. The average molecular weight is 492 g/mol. The van der Waals surface area contributed by atoms with Gasteiger partial charge in [-0.1, -0.05) is 31.0 Å². The minimum absolute atomic E-state index is 0.0184. The minimum Gasteiger partial charge on any atom is -0.494 e. The summed E-state index contributed by atoms with van der Waals surface area (Å²) in [5.74, 6) is 1.01. The molecule has 7 nitrogen and oxygen atoms in total. The van der Waals surface area contributed by atoms with Crippen molar-refractivity contribution in [3.05, 3.63) is 59.7 Å². The van der Waals surface area contributed by atoms with Crippen LogP contribution in [-0.4, -0.2) is 54.9 Å². The third-order valence-electron chi connectivity index (χ3n) is 7.06. The number of rotatable bonds is 10. The van der Waals surface area contributed by atoms with Gasteiger partial charge in [-0.2, -0.15) is 0 Å². The fourth-order valence-electron chi connectivity index (χ4n) is 5.09. The van der Waals surface area contributed by atoms with Gasteiger partial charge in [-0.25, -0.2) is 0 Å². The van der Waals surface area contributed by atoms with Gasteiger partial charge >= 0.3 is 0 Å². The molecule has 2 aromatic carbocycles. The van der Waals surface area contributed by atoms with Crippen LogP contribution < -0.4 is 15.0 Å². The Bertz CT molecular complexity index is 1040. The smallest absolute Gasteiger partial charge is 0.253 e. The molecule has 0 aromatic heterocycles. The molecule has 2 aliphatic rings. The Morgan fingerprint density at radius 3 is 2.42 bits per heavy atom. The van der Waals surface area contributed by atoms with Crippen molar-refractivity contribution < 1.29 is 19.1 Å². The number of carbonyl (C=O) groups is 3. The van der Waals surface area contributed by atoms with Gasteiger partial charge in [0.1, 0.15) is 5.75 Å². The maximum Gasteiger partial charge on any atom is 0.253 e. The summed E-state index contributed by atoms with van der Waals surface area (Å²) in [4.78, 5) is 40.5. The lowest BCUT2D eigenvalue weighted by molar-refractivity contribution is -0.120. The third kappa shape index (κ3) is 6.65. The van der Waals surface area contributed by atoms with Crippen LogP contribution in [0.1, 0.15) is 67.8 Å². The Hall–Kier alpha value is -3.35. The number of anilines is 1. The van der Waals surface area contributed by atoms with Gasteiger partial charge in [0.05, 0.1) is 6.61 Å². The zero-order chi connectivity index (χ0) is 25.3. The molecular formula is C29H37N3O4. The minimum atomic E-state index is 0.0184. The Labute approximate surface area is 213 Å². The lowest BCUT2D eigenvalue weighted by Gasteiger charge is -2.41. The first kappa shape index (κ1) is 25.7. The first-order valence-corrected chi connectivity index (χ1v) is 13.2. The molecule has 0 spiro atoms. The zero-order valence-electron chi connectivity index (χ0n) is 21.2. The predicted molar refractivity (Wildman–Crippen MR) is 140 cm³/mol. The van der Waals surface area contributed by atoms with Gasteiger partial charge in [0.25, 0.3) is 5.91 Å². The highest BCUT2D eigenvalue weighted by molar-refractivity contribution is 5.97. The number of piperidine rings is 1. The lowest BCUT2D eigenvalue weighted by Crippen LogP contribution is -2.50. The molecule has 2 heterocycles. The molecular weight excluding hydrogens is 454 g/mol.